The third kappa shape index (κ3) is 1.67. The van der Waals surface area contributed by atoms with Gasteiger partial charge in [-0.15, -0.1) is 11.3 Å². The molecule has 3 heteroatoms. The molecule has 0 aromatic carbocycles. The Balaban J connectivity index is 2.45. The first-order chi connectivity index (χ1) is 5.86. The van der Waals surface area contributed by atoms with Gasteiger partial charge in [0.05, 0.1) is 13.5 Å². The van der Waals surface area contributed by atoms with Gasteiger partial charge in [0.25, 0.3) is 0 Å². The lowest BCUT2D eigenvalue weighted by molar-refractivity contribution is 1.34. The standard InChI is InChI=1S/C9H6INS/c10-9-5-4-8(12-9)7-3-1-2-6-11-7/h1-6H. The summed E-state index contributed by atoms with van der Waals surface area (Å²) in [6.45, 7) is 0. The fourth-order valence-electron chi connectivity index (χ4n) is 0.960. The van der Waals surface area contributed by atoms with E-state index in [9.17, 15) is 0 Å². The van der Waals surface area contributed by atoms with Gasteiger partial charge in [0, 0.05) is 6.20 Å². The minimum Gasteiger partial charge on any atom is -0.255 e. The molecule has 0 fully saturated rings. The van der Waals surface area contributed by atoms with Gasteiger partial charge in [0.1, 0.15) is 0 Å². The summed E-state index contributed by atoms with van der Waals surface area (Å²) in [5, 5.41) is 0. The molecular weight excluding hydrogens is 281 g/mol. The van der Waals surface area contributed by atoms with E-state index in [2.05, 4.69) is 39.7 Å². The van der Waals surface area contributed by atoms with Crippen LogP contribution >= 0.6 is 33.9 Å². The molecule has 60 valence electrons. The van der Waals surface area contributed by atoms with Crippen LogP contribution in [0.5, 0.6) is 0 Å². The molecule has 1 nitrogen and oxygen atoms in total. The van der Waals surface area contributed by atoms with Crippen LogP contribution < -0.4 is 0 Å². The van der Waals surface area contributed by atoms with Gasteiger partial charge in [-0.2, -0.15) is 0 Å². The van der Waals surface area contributed by atoms with Crippen LogP contribution in [-0.4, -0.2) is 4.98 Å². The SMILES string of the molecule is Ic1ccc(-c2ccccn2)s1. The van der Waals surface area contributed by atoms with Crippen LogP contribution in [0.3, 0.4) is 0 Å². The Labute approximate surface area is 88.6 Å². The molecule has 2 aromatic heterocycles. The highest BCUT2D eigenvalue weighted by molar-refractivity contribution is 14.1. The monoisotopic (exact) mass is 287 g/mol. The number of rotatable bonds is 1. The molecule has 0 unspecified atom stereocenters. The Bertz CT molecular complexity index is 369. The molecule has 2 rings (SSSR count). The largest absolute Gasteiger partial charge is 0.255 e. The Hall–Kier alpha value is -0.420. The molecule has 0 radical (unpaired) electrons. The van der Waals surface area contributed by atoms with Gasteiger partial charge in [-0.3, -0.25) is 4.98 Å². The molecule has 0 atom stereocenters. The molecule has 0 spiro atoms. The minimum absolute atomic E-state index is 1.06. The highest BCUT2D eigenvalue weighted by Gasteiger charge is 1.99. The zero-order chi connectivity index (χ0) is 8.39. The smallest absolute Gasteiger partial charge is 0.0802 e. The number of pyridine rings is 1. The van der Waals surface area contributed by atoms with Gasteiger partial charge in [-0.25, -0.2) is 0 Å². The van der Waals surface area contributed by atoms with E-state index in [-0.39, 0.29) is 0 Å². The summed E-state index contributed by atoms with van der Waals surface area (Å²) in [4.78, 5) is 5.51. The molecule has 2 heterocycles. The van der Waals surface area contributed by atoms with Crippen molar-refractivity contribution in [2.24, 2.45) is 0 Å². The molecule has 0 bridgehead atoms. The van der Waals surface area contributed by atoms with E-state index in [0.29, 0.717) is 0 Å². The molecule has 12 heavy (non-hydrogen) atoms. The number of hydrogen-bond acceptors (Lipinski definition) is 2. The maximum Gasteiger partial charge on any atom is 0.0802 e. The van der Waals surface area contributed by atoms with Gasteiger partial charge in [0.2, 0.25) is 0 Å². The van der Waals surface area contributed by atoms with Gasteiger partial charge in [0.15, 0.2) is 0 Å². The molecule has 0 aliphatic carbocycles. The molecular formula is C9H6INS. The van der Waals surface area contributed by atoms with Crippen molar-refractivity contribution in [2.45, 2.75) is 0 Å². The lowest BCUT2D eigenvalue weighted by Crippen LogP contribution is -1.75. The third-order valence-electron chi connectivity index (χ3n) is 1.49. The second kappa shape index (κ2) is 3.53. The summed E-state index contributed by atoms with van der Waals surface area (Å²) in [5.41, 5.74) is 1.06. The summed E-state index contributed by atoms with van der Waals surface area (Å²) in [6, 6.07) is 10.2. The van der Waals surface area contributed by atoms with E-state index in [1.807, 2.05) is 24.4 Å². The zero-order valence-electron chi connectivity index (χ0n) is 6.20. The van der Waals surface area contributed by atoms with Crippen molar-refractivity contribution in [2.75, 3.05) is 0 Å². The quantitative estimate of drug-likeness (QED) is 0.732. The summed E-state index contributed by atoms with van der Waals surface area (Å²) < 4.78 is 1.30. The van der Waals surface area contributed by atoms with Crippen molar-refractivity contribution < 1.29 is 0 Å². The number of hydrogen-bond donors (Lipinski definition) is 0. The van der Waals surface area contributed by atoms with E-state index in [1.165, 1.54) is 7.76 Å². The van der Waals surface area contributed by atoms with E-state index in [0.717, 1.165) is 5.69 Å². The second-order valence-corrected chi connectivity index (χ2v) is 5.30. The summed E-state index contributed by atoms with van der Waals surface area (Å²) >= 11 is 4.08. The van der Waals surface area contributed by atoms with Crippen LogP contribution in [0.25, 0.3) is 10.6 Å². The van der Waals surface area contributed by atoms with Gasteiger partial charge in [-0.05, 0) is 46.9 Å². The molecule has 2 aromatic rings. The number of halogens is 1. The van der Waals surface area contributed by atoms with E-state index >= 15 is 0 Å². The van der Waals surface area contributed by atoms with Crippen LogP contribution in [0.15, 0.2) is 36.5 Å². The van der Waals surface area contributed by atoms with Gasteiger partial charge >= 0.3 is 0 Å². The van der Waals surface area contributed by atoms with Gasteiger partial charge in [-0.1, -0.05) is 6.07 Å². The first-order valence-corrected chi connectivity index (χ1v) is 5.42. The normalized spacial score (nSPS) is 10.1. The Morgan fingerprint density at radius 2 is 2.08 bits per heavy atom. The summed E-state index contributed by atoms with van der Waals surface area (Å²) in [5.74, 6) is 0. The predicted molar refractivity (Wildman–Crippen MR) is 60.3 cm³/mol. The van der Waals surface area contributed by atoms with Gasteiger partial charge < -0.3 is 0 Å². The zero-order valence-corrected chi connectivity index (χ0v) is 9.17. The van der Waals surface area contributed by atoms with Crippen molar-refractivity contribution in [3.63, 3.8) is 0 Å². The fourth-order valence-corrected chi connectivity index (χ4v) is 2.56. The van der Waals surface area contributed by atoms with Crippen LogP contribution in [0.1, 0.15) is 0 Å². The Morgan fingerprint density at radius 1 is 1.17 bits per heavy atom. The topological polar surface area (TPSA) is 12.9 Å². The van der Waals surface area contributed by atoms with Crippen molar-refractivity contribution in [1.29, 1.82) is 0 Å². The van der Waals surface area contributed by atoms with Crippen LogP contribution in [0, 0.1) is 2.88 Å². The Kier molecular flexibility index (Phi) is 2.41. The third-order valence-corrected chi connectivity index (χ3v) is 3.41. The molecule has 0 N–H and O–H groups in total. The highest BCUT2D eigenvalue weighted by Crippen LogP contribution is 2.26. The highest BCUT2D eigenvalue weighted by atomic mass is 127. The first kappa shape index (κ1) is 8.19. The number of nitrogens with zero attached hydrogens (tertiary/aromatic N) is 1. The number of aromatic nitrogens is 1. The Morgan fingerprint density at radius 3 is 2.67 bits per heavy atom. The minimum atomic E-state index is 1.06. The number of thiophene rings is 1. The fraction of sp³-hybridized carbons (Fsp3) is 0. The molecule has 0 aliphatic rings. The van der Waals surface area contributed by atoms with Crippen molar-refractivity contribution in [1.82, 2.24) is 4.98 Å². The maximum absolute atomic E-state index is 4.27. The van der Waals surface area contributed by atoms with E-state index in [4.69, 9.17) is 0 Å². The van der Waals surface area contributed by atoms with Crippen LogP contribution in [-0.2, 0) is 0 Å². The van der Waals surface area contributed by atoms with Crippen LogP contribution in [0.4, 0.5) is 0 Å². The van der Waals surface area contributed by atoms with Crippen molar-refractivity contribution in [3.05, 3.63) is 39.4 Å². The molecule has 0 saturated heterocycles. The molecule has 0 aliphatic heterocycles. The maximum atomic E-state index is 4.27. The first-order valence-electron chi connectivity index (χ1n) is 3.53. The molecule has 0 amide bonds. The summed E-state index contributed by atoms with van der Waals surface area (Å²) in [7, 11) is 0. The average Bonchev–Trinajstić information content (AvgIpc) is 2.54. The van der Waals surface area contributed by atoms with Crippen LogP contribution in [0.2, 0.25) is 0 Å². The summed E-state index contributed by atoms with van der Waals surface area (Å²) in [6.07, 6.45) is 1.82. The van der Waals surface area contributed by atoms with E-state index in [1.54, 1.807) is 11.3 Å². The van der Waals surface area contributed by atoms with Crippen molar-refractivity contribution >= 4 is 33.9 Å². The second-order valence-electron chi connectivity index (χ2n) is 2.32. The average molecular weight is 287 g/mol. The molecule has 0 saturated carbocycles. The lowest BCUT2D eigenvalue weighted by Gasteiger charge is -1.92. The lowest BCUT2D eigenvalue weighted by atomic mass is 10.3. The van der Waals surface area contributed by atoms with Crippen molar-refractivity contribution in [3.8, 4) is 10.6 Å². The van der Waals surface area contributed by atoms with E-state index < -0.39 is 0 Å². The predicted octanol–water partition coefficient (Wildman–Crippen LogP) is 3.41.